The van der Waals surface area contributed by atoms with Crippen LogP contribution in [0.3, 0.4) is 0 Å². The van der Waals surface area contributed by atoms with E-state index in [1.54, 1.807) is 6.07 Å². The van der Waals surface area contributed by atoms with Gasteiger partial charge in [-0.1, -0.05) is 30.3 Å². The summed E-state index contributed by atoms with van der Waals surface area (Å²) in [6, 6.07) is 7.40. The predicted molar refractivity (Wildman–Crippen MR) is 69.0 cm³/mol. The average molecular weight is 280 g/mol. The van der Waals surface area contributed by atoms with Gasteiger partial charge in [-0.2, -0.15) is 13.9 Å². The first-order valence-corrected chi connectivity index (χ1v) is 6.03. The van der Waals surface area contributed by atoms with E-state index in [2.05, 4.69) is 5.10 Å². The molecular formula is C14H14F2N2O2. The van der Waals surface area contributed by atoms with E-state index in [0.717, 1.165) is 4.68 Å². The second kappa shape index (κ2) is 5.03. The molecule has 0 aliphatic rings. The van der Waals surface area contributed by atoms with E-state index in [1.165, 1.54) is 38.1 Å². The van der Waals surface area contributed by atoms with Crippen LogP contribution in [0.5, 0.6) is 0 Å². The van der Waals surface area contributed by atoms with Crippen molar-refractivity contribution in [1.29, 1.82) is 0 Å². The molecule has 2 rings (SSSR count). The van der Waals surface area contributed by atoms with Gasteiger partial charge in [0, 0.05) is 5.56 Å². The molecular weight excluding hydrogens is 266 g/mol. The third-order valence-electron chi connectivity index (χ3n) is 3.14. The number of nitrogens with zero attached hydrogens (tertiary/aromatic N) is 2. The van der Waals surface area contributed by atoms with E-state index in [1.807, 2.05) is 0 Å². The SMILES string of the molecule is Cc1nn(CC(F)(F)c2ccccc2)c(C)c1C(=O)O. The van der Waals surface area contributed by atoms with Gasteiger partial charge in [-0.25, -0.2) is 4.79 Å². The molecule has 6 heteroatoms. The van der Waals surface area contributed by atoms with Gasteiger partial charge in [0.15, 0.2) is 0 Å². The first-order chi connectivity index (χ1) is 9.33. The zero-order valence-electron chi connectivity index (χ0n) is 11.1. The molecule has 1 N–H and O–H groups in total. The van der Waals surface area contributed by atoms with Gasteiger partial charge in [-0.15, -0.1) is 0 Å². The summed E-state index contributed by atoms with van der Waals surface area (Å²) in [4.78, 5) is 11.1. The van der Waals surface area contributed by atoms with Gasteiger partial charge in [0.2, 0.25) is 0 Å². The van der Waals surface area contributed by atoms with Crippen LogP contribution >= 0.6 is 0 Å². The molecule has 106 valence electrons. The zero-order valence-corrected chi connectivity index (χ0v) is 11.1. The van der Waals surface area contributed by atoms with Crippen molar-refractivity contribution in [1.82, 2.24) is 9.78 Å². The molecule has 0 amide bonds. The van der Waals surface area contributed by atoms with Gasteiger partial charge in [0.05, 0.1) is 11.4 Å². The van der Waals surface area contributed by atoms with E-state index < -0.39 is 18.4 Å². The van der Waals surface area contributed by atoms with Gasteiger partial charge in [-0.3, -0.25) is 4.68 Å². The van der Waals surface area contributed by atoms with Crippen molar-refractivity contribution in [2.24, 2.45) is 0 Å². The molecule has 0 bridgehead atoms. The number of rotatable bonds is 4. The second-order valence-electron chi connectivity index (χ2n) is 4.58. The van der Waals surface area contributed by atoms with Gasteiger partial charge in [-0.05, 0) is 13.8 Å². The Morgan fingerprint density at radius 2 is 1.90 bits per heavy atom. The fraction of sp³-hybridized carbons (Fsp3) is 0.286. The molecule has 0 unspecified atom stereocenters. The molecule has 0 spiro atoms. The van der Waals surface area contributed by atoms with Crippen LogP contribution in [0.25, 0.3) is 0 Å². The van der Waals surface area contributed by atoms with Crippen molar-refractivity contribution in [3.63, 3.8) is 0 Å². The fourth-order valence-corrected chi connectivity index (χ4v) is 2.12. The minimum absolute atomic E-state index is 0.0196. The first-order valence-electron chi connectivity index (χ1n) is 6.03. The van der Waals surface area contributed by atoms with Crippen LogP contribution in [0.1, 0.15) is 27.3 Å². The molecule has 1 heterocycles. The first kappa shape index (κ1) is 14.2. The standard InChI is InChI=1S/C14H14F2N2O2/c1-9-12(13(19)20)10(2)18(17-9)8-14(15,16)11-6-4-3-5-7-11/h3-7H,8H2,1-2H3,(H,19,20). The summed E-state index contributed by atoms with van der Waals surface area (Å²) in [5.74, 6) is -4.27. The molecule has 0 aliphatic carbocycles. The van der Waals surface area contributed by atoms with Gasteiger partial charge in [0.1, 0.15) is 12.1 Å². The summed E-state index contributed by atoms with van der Waals surface area (Å²) in [6.07, 6.45) is 0. The Kier molecular flexibility index (Phi) is 3.57. The van der Waals surface area contributed by atoms with Crippen LogP contribution in [0.2, 0.25) is 0 Å². The van der Waals surface area contributed by atoms with Crippen LogP contribution in [0.15, 0.2) is 30.3 Å². The van der Waals surface area contributed by atoms with E-state index in [4.69, 9.17) is 5.11 Å². The lowest BCUT2D eigenvalue weighted by molar-refractivity contribution is -0.0260. The number of benzene rings is 1. The van der Waals surface area contributed by atoms with Crippen molar-refractivity contribution in [3.05, 3.63) is 52.8 Å². The van der Waals surface area contributed by atoms with E-state index >= 15 is 0 Å². The summed E-state index contributed by atoms with van der Waals surface area (Å²) in [6.45, 7) is 2.29. The van der Waals surface area contributed by atoms with Crippen molar-refractivity contribution in [2.75, 3.05) is 0 Å². The molecule has 2 aromatic rings. The van der Waals surface area contributed by atoms with E-state index in [-0.39, 0.29) is 22.5 Å². The summed E-state index contributed by atoms with van der Waals surface area (Å²) in [7, 11) is 0. The monoisotopic (exact) mass is 280 g/mol. The number of aryl methyl sites for hydroxylation is 1. The largest absolute Gasteiger partial charge is 0.478 e. The quantitative estimate of drug-likeness (QED) is 0.936. The molecule has 0 atom stereocenters. The minimum Gasteiger partial charge on any atom is -0.478 e. The Morgan fingerprint density at radius 3 is 2.40 bits per heavy atom. The molecule has 20 heavy (non-hydrogen) atoms. The minimum atomic E-state index is -3.11. The van der Waals surface area contributed by atoms with Gasteiger partial charge in [0.25, 0.3) is 5.92 Å². The van der Waals surface area contributed by atoms with E-state index in [9.17, 15) is 13.6 Å². The maximum atomic E-state index is 14.2. The van der Waals surface area contributed by atoms with Crippen LogP contribution in [0.4, 0.5) is 8.78 Å². The average Bonchev–Trinajstić information content (AvgIpc) is 2.64. The molecule has 4 nitrogen and oxygen atoms in total. The summed E-state index contributed by atoms with van der Waals surface area (Å²) in [5, 5.41) is 12.9. The van der Waals surface area contributed by atoms with Gasteiger partial charge < -0.3 is 5.11 Å². The summed E-state index contributed by atoms with van der Waals surface area (Å²) in [5.41, 5.74) is 0.322. The molecule has 0 aliphatic heterocycles. The molecule has 1 aromatic heterocycles. The molecule has 0 radical (unpaired) electrons. The normalized spacial score (nSPS) is 11.6. The molecule has 0 saturated carbocycles. The van der Waals surface area contributed by atoms with Crippen LogP contribution in [0, 0.1) is 13.8 Å². The highest BCUT2D eigenvalue weighted by molar-refractivity contribution is 5.90. The number of aromatic nitrogens is 2. The highest BCUT2D eigenvalue weighted by Crippen LogP contribution is 2.30. The lowest BCUT2D eigenvalue weighted by atomic mass is 10.1. The number of hydrogen-bond acceptors (Lipinski definition) is 2. The maximum absolute atomic E-state index is 14.2. The number of carbonyl (C=O) groups is 1. The van der Waals surface area contributed by atoms with Crippen molar-refractivity contribution < 1.29 is 18.7 Å². The van der Waals surface area contributed by atoms with Crippen molar-refractivity contribution in [3.8, 4) is 0 Å². The van der Waals surface area contributed by atoms with Crippen molar-refractivity contribution >= 4 is 5.97 Å². The zero-order chi connectivity index (χ0) is 14.9. The van der Waals surface area contributed by atoms with Crippen LogP contribution in [-0.2, 0) is 12.5 Å². The summed E-state index contributed by atoms with van der Waals surface area (Å²) < 4.78 is 29.4. The maximum Gasteiger partial charge on any atom is 0.339 e. The Balaban J connectivity index is 2.35. The van der Waals surface area contributed by atoms with Crippen LogP contribution in [-0.4, -0.2) is 20.9 Å². The second-order valence-corrected chi connectivity index (χ2v) is 4.58. The number of alkyl halides is 2. The topological polar surface area (TPSA) is 55.1 Å². The lowest BCUT2D eigenvalue weighted by Crippen LogP contribution is -2.23. The smallest absolute Gasteiger partial charge is 0.339 e. The number of hydrogen-bond donors (Lipinski definition) is 1. The predicted octanol–water partition coefficient (Wildman–Crippen LogP) is 2.99. The fourth-order valence-electron chi connectivity index (χ4n) is 2.12. The third-order valence-corrected chi connectivity index (χ3v) is 3.14. The summed E-state index contributed by atoms with van der Waals surface area (Å²) >= 11 is 0. The molecule has 0 saturated heterocycles. The Labute approximate surface area is 114 Å². The number of carboxylic acid groups (broad SMARTS) is 1. The highest BCUT2D eigenvalue weighted by atomic mass is 19.3. The van der Waals surface area contributed by atoms with Gasteiger partial charge >= 0.3 is 5.97 Å². The number of carboxylic acids is 1. The lowest BCUT2D eigenvalue weighted by Gasteiger charge is -2.17. The Hall–Kier alpha value is -2.24. The highest BCUT2D eigenvalue weighted by Gasteiger charge is 2.33. The molecule has 1 aromatic carbocycles. The van der Waals surface area contributed by atoms with Crippen LogP contribution < -0.4 is 0 Å². The number of aromatic carboxylic acids is 1. The Morgan fingerprint density at radius 1 is 1.30 bits per heavy atom. The Bertz CT molecular complexity index is 636. The molecule has 0 fully saturated rings. The third kappa shape index (κ3) is 2.54. The van der Waals surface area contributed by atoms with Crippen molar-refractivity contribution in [2.45, 2.75) is 26.3 Å². The number of halogens is 2. The van der Waals surface area contributed by atoms with E-state index in [0.29, 0.717) is 0 Å².